The fourth-order valence-electron chi connectivity index (χ4n) is 3.05. The van der Waals surface area contributed by atoms with E-state index in [9.17, 15) is 0 Å². The first-order valence-corrected chi connectivity index (χ1v) is 6.74. The first-order chi connectivity index (χ1) is 7.97. The Labute approximate surface area is 105 Å². The summed E-state index contributed by atoms with van der Waals surface area (Å²) >= 11 is 0. The standard InChI is InChI=1S/C14H25NO2/c1-6-7-8-14(16-5)10(2)11(14)12-15-13(3,4)9-17-12/h10-11H,6-9H2,1-5H3. The van der Waals surface area contributed by atoms with Crippen LogP contribution in [-0.4, -0.2) is 30.8 Å². The van der Waals surface area contributed by atoms with Crippen molar-refractivity contribution in [1.29, 1.82) is 0 Å². The van der Waals surface area contributed by atoms with Crippen molar-refractivity contribution < 1.29 is 9.47 Å². The number of rotatable bonds is 5. The number of methoxy groups -OCH3 is 1. The van der Waals surface area contributed by atoms with Crippen LogP contribution in [0.2, 0.25) is 0 Å². The summed E-state index contributed by atoms with van der Waals surface area (Å²) in [6, 6.07) is 0. The highest BCUT2D eigenvalue weighted by Gasteiger charge is 2.66. The van der Waals surface area contributed by atoms with Gasteiger partial charge in [-0.1, -0.05) is 26.7 Å². The smallest absolute Gasteiger partial charge is 0.190 e. The summed E-state index contributed by atoms with van der Waals surface area (Å²) in [6.07, 6.45) is 3.55. The fourth-order valence-corrected chi connectivity index (χ4v) is 3.05. The molecule has 0 saturated heterocycles. The molecule has 0 aromatic heterocycles. The van der Waals surface area contributed by atoms with Crippen LogP contribution in [0.5, 0.6) is 0 Å². The van der Waals surface area contributed by atoms with Gasteiger partial charge in [-0.25, -0.2) is 4.99 Å². The normalized spacial score (nSPS) is 38.8. The van der Waals surface area contributed by atoms with Gasteiger partial charge >= 0.3 is 0 Å². The van der Waals surface area contributed by atoms with Crippen LogP contribution in [0.4, 0.5) is 0 Å². The lowest BCUT2D eigenvalue weighted by atomic mass is 10.1. The highest BCUT2D eigenvalue weighted by Crippen LogP contribution is 2.57. The van der Waals surface area contributed by atoms with Crippen molar-refractivity contribution in [3.63, 3.8) is 0 Å². The van der Waals surface area contributed by atoms with Gasteiger partial charge in [0.25, 0.3) is 0 Å². The minimum Gasteiger partial charge on any atom is -0.478 e. The lowest BCUT2D eigenvalue weighted by Crippen LogP contribution is -2.20. The predicted octanol–water partition coefficient (Wildman–Crippen LogP) is 3.04. The van der Waals surface area contributed by atoms with Crippen LogP contribution in [0, 0.1) is 11.8 Å². The minimum absolute atomic E-state index is 0.00470. The summed E-state index contributed by atoms with van der Waals surface area (Å²) in [5, 5.41) is 0. The van der Waals surface area contributed by atoms with Gasteiger partial charge in [0.1, 0.15) is 6.61 Å². The van der Waals surface area contributed by atoms with Gasteiger partial charge in [0, 0.05) is 13.0 Å². The molecule has 17 heavy (non-hydrogen) atoms. The molecular formula is C14H25NO2. The predicted molar refractivity (Wildman–Crippen MR) is 69.4 cm³/mol. The van der Waals surface area contributed by atoms with Gasteiger partial charge in [0.2, 0.25) is 0 Å². The third kappa shape index (κ3) is 2.10. The molecule has 0 radical (unpaired) electrons. The van der Waals surface area contributed by atoms with Crippen LogP contribution in [0.3, 0.4) is 0 Å². The van der Waals surface area contributed by atoms with E-state index in [1.165, 1.54) is 12.8 Å². The van der Waals surface area contributed by atoms with E-state index in [0.29, 0.717) is 18.4 Å². The molecule has 1 fully saturated rings. The Hall–Kier alpha value is -0.570. The zero-order chi connectivity index (χ0) is 12.7. The van der Waals surface area contributed by atoms with Crippen molar-refractivity contribution >= 4 is 5.90 Å². The van der Waals surface area contributed by atoms with Gasteiger partial charge in [-0.2, -0.15) is 0 Å². The van der Waals surface area contributed by atoms with Crippen molar-refractivity contribution in [3.05, 3.63) is 0 Å². The lowest BCUT2D eigenvalue weighted by Gasteiger charge is -2.15. The summed E-state index contributed by atoms with van der Waals surface area (Å²) in [5.74, 6) is 1.84. The molecule has 0 amide bonds. The van der Waals surface area contributed by atoms with Crippen LogP contribution in [0.15, 0.2) is 4.99 Å². The minimum atomic E-state index is -0.0537. The first kappa shape index (κ1) is 12.9. The van der Waals surface area contributed by atoms with E-state index in [2.05, 4.69) is 27.7 Å². The van der Waals surface area contributed by atoms with Gasteiger partial charge in [-0.15, -0.1) is 0 Å². The summed E-state index contributed by atoms with van der Waals surface area (Å²) in [4.78, 5) is 4.70. The molecule has 0 aromatic rings. The average Bonchev–Trinajstić information content (AvgIpc) is 2.69. The van der Waals surface area contributed by atoms with Crippen molar-refractivity contribution in [2.24, 2.45) is 16.8 Å². The SMILES string of the molecule is CCCCC1(OC)C(C)C1C1=NC(C)(C)CO1. The zero-order valence-electron chi connectivity index (χ0n) is 11.7. The van der Waals surface area contributed by atoms with Crippen LogP contribution in [-0.2, 0) is 9.47 Å². The van der Waals surface area contributed by atoms with E-state index >= 15 is 0 Å². The Morgan fingerprint density at radius 3 is 2.65 bits per heavy atom. The molecule has 98 valence electrons. The summed E-state index contributed by atoms with van der Waals surface area (Å²) < 4.78 is 11.6. The summed E-state index contributed by atoms with van der Waals surface area (Å²) in [5.41, 5.74) is -0.0584. The molecule has 1 aliphatic carbocycles. The number of unbranched alkanes of at least 4 members (excludes halogenated alkanes) is 1. The Bertz CT molecular complexity index is 324. The van der Waals surface area contributed by atoms with E-state index in [4.69, 9.17) is 14.5 Å². The Morgan fingerprint density at radius 1 is 1.47 bits per heavy atom. The highest BCUT2D eigenvalue weighted by molar-refractivity contribution is 5.85. The van der Waals surface area contributed by atoms with Crippen LogP contribution in [0.25, 0.3) is 0 Å². The number of hydrogen-bond acceptors (Lipinski definition) is 3. The number of nitrogens with zero attached hydrogens (tertiary/aromatic N) is 1. The monoisotopic (exact) mass is 239 g/mol. The Balaban J connectivity index is 2.08. The van der Waals surface area contributed by atoms with Crippen molar-refractivity contribution in [2.75, 3.05) is 13.7 Å². The third-order valence-electron chi connectivity index (χ3n) is 4.24. The molecule has 3 nitrogen and oxygen atoms in total. The largest absolute Gasteiger partial charge is 0.478 e. The molecule has 0 aromatic carbocycles. The van der Waals surface area contributed by atoms with Crippen molar-refractivity contribution in [1.82, 2.24) is 0 Å². The van der Waals surface area contributed by atoms with Crippen LogP contribution >= 0.6 is 0 Å². The molecule has 2 rings (SSSR count). The summed E-state index contributed by atoms with van der Waals surface area (Å²) in [6.45, 7) is 9.42. The Morgan fingerprint density at radius 2 is 2.18 bits per heavy atom. The molecule has 1 heterocycles. The van der Waals surface area contributed by atoms with E-state index in [1.54, 1.807) is 0 Å². The second kappa shape index (κ2) is 4.27. The molecule has 1 aliphatic heterocycles. The third-order valence-corrected chi connectivity index (χ3v) is 4.24. The molecule has 1 saturated carbocycles. The average molecular weight is 239 g/mol. The van der Waals surface area contributed by atoms with Crippen LogP contribution < -0.4 is 0 Å². The van der Waals surface area contributed by atoms with Gasteiger partial charge < -0.3 is 9.47 Å². The maximum absolute atomic E-state index is 5.80. The number of aliphatic imine (C=N–C) groups is 1. The summed E-state index contributed by atoms with van der Waals surface area (Å²) in [7, 11) is 1.83. The van der Waals surface area contributed by atoms with Gasteiger partial charge in [0.05, 0.1) is 17.1 Å². The quantitative estimate of drug-likeness (QED) is 0.738. The number of ether oxygens (including phenoxy) is 2. The van der Waals surface area contributed by atoms with E-state index in [-0.39, 0.29) is 11.1 Å². The highest BCUT2D eigenvalue weighted by atomic mass is 16.5. The first-order valence-electron chi connectivity index (χ1n) is 6.74. The van der Waals surface area contributed by atoms with E-state index in [1.807, 2.05) is 7.11 Å². The van der Waals surface area contributed by atoms with E-state index < -0.39 is 0 Å². The topological polar surface area (TPSA) is 30.8 Å². The van der Waals surface area contributed by atoms with Crippen molar-refractivity contribution in [2.45, 2.75) is 58.1 Å². The van der Waals surface area contributed by atoms with Gasteiger partial charge in [0.15, 0.2) is 5.90 Å². The van der Waals surface area contributed by atoms with Crippen LogP contribution in [0.1, 0.15) is 47.0 Å². The molecule has 3 atom stereocenters. The second-order valence-corrected chi connectivity index (χ2v) is 6.08. The number of hydrogen-bond donors (Lipinski definition) is 0. The van der Waals surface area contributed by atoms with E-state index in [0.717, 1.165) is 12.3 Å². The lowest BCUT2D eigenvalue weighted by molar-refractivity contribution is 0.0510. The Kier molecular flexibility index (Phi) is 3.23. The molecule has 0 spiro atoms. The maximum Gasteiger partial charge on any atom is 0.190 e. The molecule has 3 unspecified atom stereocenters. The molecule has 2 aliphatic rings. The maximum atomic E-state index is 5.80. The molecule has 0 bridgehead atoms. The molecular weight excluding hydrogens is 214 g/mol. The van der Waals surface area contributed by atoms with Gasteiger partial charge in [-0.05, 0) is 20.3 Å². The molecule has 0 N–H and O–H groups in total. The zero-order valence-corrected chi connectivity index (χ0v) is 11.7. The fraction of sp³-hybridized carbons (Fsp3) is 0.929. The van der Waals surface area contributed by atoms with Gasteiger partial charge in [-0.3, -0.25) is 0 Å². The molecule has 3 heteroatoms. The second-order valence-electron chi connectivity index (χ2n) is 6.08. The van der Waals surface area contributed by atoms with Crippen molar-refractivity contribution in [3.8, 4) is 0 Å².